The highest BCUT2D eigenvalue weighted by Crippen LogP contribution is 2.32. The average molecular weight is 263 g/mol. The summed E-state index contributed by atoms with van der Waals surface area (Å²) in [6.07, 6.45) is 0. The number of hydrogen-bond donors (Lipinski definition) is 0. The fraction of sp³-hybridized carbons (Fsp3) is 0.308. The molecule has 0 aromatic heterocycles. The fourth-order valence-electron chi connectivity index (χ4n) is 1.79. The zero-order valence-electron chi connectivity index (χ0n) is 10.6. The molecule has 0 radical (unpaired) electrons. The monoisotopic (exact) mass is 263 g/mol. The van der Waals surface area contributed by atoms with Crippen LogP contribution < -0.4 is 9.64 Å². The molecule has 1 aliphatic heterocycles. The number of rotatable bonds is 3. The van der Waals surface area contributed by atoms with Gasteiger partial charge in [0.05, 0.1) is 12.8 Å². The van der Waals surface area contributed by atoms with Crippen LogP contribution in [0.3, 0.4) is 0 Å². The van der Waals surface area contributed by atoms with Crippen LogP contribution in [0.15, 0.2) is 18.2 Å². The van der Waals surface area contributed by atoms with E-state index in [0.717, 1.165) is 0 Å². The van der Waals surface area contributed by atoms with Crippen molar-refractivity contribution in [3.05, 3.63) is 23.8 Å². The van der Waals surface area contributed by atoms with Gasteiger partial charge in [0, 0.05) is 5.56 Å². The Labute approximate surface area is 109 Å². The zero-order chi connectivity index (χ0) is 14.0. The summed E-state index contributed by atoms with van der Waals surface area (Å²) in [5.74, 6) is -0.541. The number of carbonyl (C=O) groups excluding carboxylic acids is 3. The molecule has 0 spiro atoms. The van der Waals surface area contributed by atoms with Crippen molar-refractivity contribution < 1.29 is 23.9 Å². The molecular weight excluding hydrogens is 250 g/mol. The van der Waals surface area contributed by atoms with Crippen molar-refractivity contribution in [2.75, 3.05) is 25.2 Å². The van der Waals surface area contributed by atoms with Gasteiger partial charge in [0.25, 0.3) is 5.91 Å². The minimum atomic E-state index is -0.533. The molecule has 2 rings (SSSR count). The average Bonchev–Trinajstić information content (AvgIpc) is 2.41. The fourth-order valence-corrected chi connectivity index (χ4v) is 1.79. The van der Waals surface area contributed by atoms with E-state index in [4.69, 9.17) is 4.74 Å². The highest BCUT2D eigenvalue weighted by atomic mass is 16.5. The number of benzene rings is 1. The van der Waals surface area contributed by atoms with Gasteiger partial charge in [-0.3, -0.25) is 19.3 Å². The molecule has 1 heterocycles. The molecule has 1 amide bonds. The first-order valence-corrected chi connectivity index (χ1v) is 5.68. The molecule has 0 saturated carbocycles. The number of hydrogen-bond acceptors (Lipinski definition) is 5. The summed E-state index contributed by atoms with van der Waals surface area (Å²) in [5.41, 5.74) is 0.862. The molecule has 1 aromatic carbocycles. The zero-order valence-corrected chi connectivity index (χ0v) is 10.6. The molecule has 0 aliphatic carbocycles. The van der Waals surface area contributed by atoms with Crippen molar-refractivity contribution in [2.45, 2.75) is 6.92 Å². The molecule has 0 fully saturated rings. The van der Waals surface area contributed by atoms with Gasteiger partial charge in [-0.2, -0.15) is 0 Å². The van der Waals surface area contributed by atoms with Crippen molar-refractivity contribution >= 4 is 23.3 Å². The van der Waals surface area contributed by atoms with E-state index in [0.29, 0.717) is 17.0 Å². The highest BCUT2D eigenvalue weighted by Gasteiger charge is 2.28. The normalized spacial score (nSPS) is 13.6. The Morgan fingerprint density at radius 3 is 2.79 bits per heavy atom. The number of fused-ring (bicyclic) bond motifs is 1. The third kappa shape index (κ3) is 2.57. The van der Waals surface area contributed by atoms with Gasteiger partial charge < -0.3 is 9.47 Å². The molecule has 100 valence electrons. The molecular formula is C13H13NO5. The Kier molecular flexibility index (Phi) is 3.50. The van der Waals surface area contributed by atoms with E-state index in [-0.39, 0.29) is 24.8 Å². The molecule has 0 bridgehead atoms. The standard InChI is InChI=1S/C13H13NO5/c1-8(15)9-3-4-11-10(5-9)14(6-13(17)18-2)12(16)7-19-11/h3-5H,6-7H2,1-2H3. The van der Waals surface area contributed by atoms with Crippen LogP contribution in [0.1, 0.15) is 17.3 Å². The first kappa shape index (κ1) is 13.1. The van der Waals surface area contributed by atoms with Crippen molar-refractivity contribution in [1.82, 2.24) is 0 Å². The van der Waals surface area contributed by atoms with Crippen LogP contribution in [0.25, 0.3) is 0 Å². The maximum absolute atomic E-state index is 11.8. The molecule has 6 nitrogen and oxygen atoms in total. The maximum Gasteiger partial charge on any atom is 0.325 e. The quantitative estimate of drug-likeness (QED) is 0.595. The topological polar surface area (TPSA) is 72.9 Å². The molecule has 6 heteroatoms. The second-order valence-corrected chi connectivity index (χ2v) is 4.08. The Morgan fingerprint density at radius 1 is 1.42 bits per heavy atom. The van der Waals surface area contributed by atoms with E-state index < -0.39 is 5.97 Å². The van der Waals surface area contributed by atoms with E-state index in [9.17, 15) is 14.4 Å². The van der Waals surface area contributed by atoms with Crippen LogP contribution in [0.4, 0.5) is 5.69 Å². The van der Waals surface area contributed by atoms with Crippen LogP contribution in [-0.2, 0) is 14.3 Å². The van der Waals surface area contributed by atoms with E-state index in [2.05, 4.69) is 4.74 Å². The predicted molar refractivity (Wildman–Crippen MR) is 66.3 cm³/mol. The van der Waals surface area contributed by atoms with Gasteiger partial charge >= 0.3 is 5.97 Å². The molecule has 0 saturated heterocycles. The third-order valence-corrected chi connectivity index (χ3v) is 2.82. The lowest BCUT2D eigenvalue weighted by atomic mass is 10.1. The molecule has 0 N–H and O–H groups in total. The summed E-state index contributed by atoms with van der Waals surface area (Å²) in [5, 5.41) is 0. The van der Waals surface area contributed by atoms with E-state index in [1.807, 2.05) is 0 Å². The molecule has 1 aliphatic rings. The summed E-state index contributed by atoms with van der Waals surface area (Å²) < 4.78 is 9.81. The largest absolute Gasteiger partial charge is 0.482 e. The van der Waals surface area contributed by atoms with Crippen molar-refractivity contribution in [3.63, 3.8) is 0 Å². The first-order valence-electron chi connectivity index (χ1n) is 5.68. The number of ketones is 1. The van der Waals surface area contributed by atoms with Crippen LogP contribution in [0.5, 0.6) is 5.75 Å². The Bertz CT molecular complexity index is 552. The lowest BCUT2D eigenvalue weighted by molar-refractivity contribution is -0.140. The van der Waals surface area contributed by atoms with Crippen LogP contribution in [0.2, 0.25) is 0 Å². The number of Topliss-reactive ketones (excluding diaryl/α,β-unsaturated/α-hetero) is 1. The lowest BCUT2D eigenvalue weighted by Crippen LogP contribution is -2.42. The SMILES string of the molecule is COC(=O)CN1C(=O)COc2ccc(C(C)=O)cc21. The van der Waals surface area contributed by atoms with E-state index >= 15 is 0 Å². The van der Waals surface area contributed by atoms with E-state index in [1.54, 1.807) is 12.1 Å². The minimum Gasteiger partial charge on any atom is -0.482 e. The summed E-state index contributed by atoms with van der Waals surface area (Å²) in [4.78, 5) is 35.8. The van der Waals surface area contributed by atoms with Gasteiger partial charge in [-0.25, -0.2) is 0 Å². The summed E-state index contributed by atoms with van der Waals surface area (Å²) in [6, 6.07) is 4.77. The Morgan fingerprint density at radius 2 is 2.16 bits per heavy atom. The van der Waals surface area contributed by atoms with Crippen molar-refractivity contribution in [1.29, 1.82) is 0 Å². The van der Waals surface area contributed by atoms with Gasteiger partial charge in [-0.1, -0.05) is 0 Å². The molecule has 0 unspecified atom stereocenters. The maximum atomic E-state index is 11.8. The second kappa shape index (κ2) is 5.09. The van der Waals surface area contributed by atoms with Crippen LogP contribution in [0, 0.1) is 0 Å². The van der Waals surface area contributed by atoms with Crippen molar-refractivity contribution in [3.8, 4) is 5.75 Å². The summed E-state index contributed by atoms with van der Waals surface area (Å²) >= 11 is 0. The van der Waals surface area contributed by atoms with Crippen LogP contribution in [-0.4, -0.2) is 37.9 Å². The predicted octanol–water partition coefficient (Wildman–Crippen LogP) is 0.788. The Balaban J connectivity index is 2.41. The number of methoxy groups -OCH3 is 1. The number of esters is 1. The lowest BCUT2D eigenvalue weighted by Gasteiger charge is -2.28. The molecule has 0 atom stereocenters. The third-order valence-electron chi connectivity index (χ3n) is 2.82. The number of anilines is 1. The van der Waals surface area contributed by atoms with Crippen LogP contribution >= 0.6 is 0 Å². The molecule has 19 heavy (non-hydrogen) atoms. The van der Waals surface area contributed by atoms with Crippen molar-refractivity contribution in [2.24, 2.45) is 0 Å². The summed E-state index contributed by atoms with van der Waals surface area (Å²) in [6.45, 7) is 1.09. The van der Waals surface area contributed by atoms with Gasteiger partial charge in [-0.15, -0.1) is 0 Å². The number of nitrogens with zero attached hydrogens (tertiary/aromatic N) is 1. The van der Waals surface area contributed by atoms with Gasteiger partial charge in [0.15, 0.2) is 12.4 Å². The number of amides is 1. The van der Waals surface area contributed by atoms with E-state index in [1.165, 1.54) is 25.0 Å². The van der Waals surface area contributed by atoms with Gasteiger partial charge in [0.1, 0.15) is 12.3 Å². The smallest absolute Gasteiger partial charge is 0.325 e. The second-order valence-electron chi connectivity index (χ2n) is 4.08. The highest BCUT2D eigenvalue weighted by molar-refractivity contribution is 6.03. The van der Waals surface area contributed by atoms with Gasteiger partial charge in [-0.05, 0) is 25.1 Å². The minimum absolute atomic E-state index is 0.126. The number of ether oxygens (including phenoxy) is 2. The van der Waals surface area contributed by atoms with Gasteiger partial charge in [0.2, 0.25) is 0 Å². The number of carbonyl (C=O) groups is 3. The summed E-state index contributed by atoms with van der Waals surface area (Å²) in [7, 11) is 1.25. The first-order chi connectivity index (χ1) is 9.02. The molecule has 1 aromatic rings. The Hall–Kier alpha value is -2.37.